The molecule has 74 valence electrons. The average Bonchev–Trinajstić information content (AvgIpc) is 2.57. The molecule has 1 aromatic rings. The van der Waals surface area contributed by atoms with Crippen LogP contribution < -0.4 is 0 Å². The molecule has 0 bridgehead atoms. The maximum absolute atomic E-state index is 9.60. The van der Waals surface area contributed by atoms with Crippen molar-refractivity contribution in [3.8, 4) is 0 Å². The largest absolute Gasteiger partial charge is 0.393 e. The van der Waals surface area contributed by atoms with Crippen LogP contribution in [0.25, 0.3) is 0 Å². The van der Waals surface area contributed by atoms with Crippen LogP contribution in [0.3, 0.4) is 0 Å². The number of rotatable bonds is 6. The smallest absolute Gasteiger partial charge is 0.0581 e. The second-order valence-corrected chi connectivity index (χ2v) is 3.90. The summed E-state index contributed by atoms with van der Waals surface area (Å²) in [6.07, 6.45) is 2.31. The summed E-state index contributed by atoms with van der Waals surface area (Å²) in [5.74, 6) is 0. The van der Waals surface area contributed by atoms with Gasteiger partial charge in [-0.1, -0.05) is 0 Å². The molecular formula is C10H16O2S. The standard InChI is InChI=1S/C10H16O2S/c1-12-5-2-3-10(11)7-9-4-6-13-8-9/h4,6,8,10-11H,2-3,5,7H2,1H3. The van der Waals surface area contributed by atoms with Crippen molar-refractivity contribution in [1.29, 1.82) is 0 Å². The molecule has 13 heavy (non-hydrogen) atoms. The van der Waals surface area contributed by atoms with Gasteiger partial charge in [-0.3, -0.25) is 0 Å². The van der Waals surface area contributed by atoms with Crippen molar-refractivity contribution >= 4 is 11.3 Å². The van der Waals surface area contributed by atoms with Gasteiger partial charge in [0, 0.05) is 13.7 Å². The molecule has 0 aromatic carbocycles. The van der Waals surface area contributed by atoms with Gasteiger partial charge < -0.3 is 9.84 Å². The summed E-state index contributed by atoms with van der Waals surface area (Å²) in [6.45, 7) is 0.737. The number of aliphatic hydroxyl groups excluding tert-OH is 1. The Morgan fingerprint density at radius 2 is 2.46 bits per heavy atom. The predicted molar refractivity (Wildman–Crippen MR) is 55.1 cm³/mol. The number of aliphatic hydroxyl groups is 1. The van der Waals surface area contributed by atoms with Crippen LogP contribution in [0.4, 0.5) is 0 Å². The molecule has 3 heteroatoms. The molecule has 0 amide bonds. The monoisotopic (exact) mass is 200 g/mol. The molecule has 1 atom stereocenters. The van der Waals surface area contributed by atoms with Crippen molar-refractivity contribution in [1.82, 2.24) is 0 Å². The van der Waals surface area contributed by atoms with Gasteiger partial charge >= 0.3 is 0 Å². The summed E-state index contributed by atoms with van der Waals surface area (Å²) >= 11 is 1.67. The third-order valence-corrected chi connectivity index (χ3v) is 2.67. The number of hydrogen-bond acceptors (Lipinski definition) is 3. The summed E-state index contributed by atoms with van der Waals surface area (Å²) in [5.41, 5.74) is 1.23. The first-order chi connectivity index (χ1) is 6.33. The van der Waals surface area contributed by atoms with Gasteiger partial charge in [0.2, 0.25) is 0 Å². The molecule has 1 unspecified atom stereocenters. The molecule has 1 rings (SSSR count). The van der Waals surface area contributed by atoms with Crippen LogP contribution in [0.1, 0.15) is 18.4 Å². The van der Waals surface area contributed by atoms with Gasteiger partial charge in [-0.05, 0) is 41.7 Å². The van der Waals surface area contributed by atoms with E-state index in [-0.39, 0.29) is 6.10 Å². The molecule has 0 spiro atoms. The van der Waals surface area contributed by atoms with Crippen molar-refractivity contribution < 1.29 is 9.84 Å². The van der Waals surface area contributed by atoms with E-state index in [1.807, 2.05) is 5.38 Å². The van der Waals surface area contributed by atoms with Gasteiger partial charge in [-0.2, -0.15) is 11.3 Å². The van der Waals surface area contributed by atoms with E-state index in [1.54, 1.807) is 18.4 Å². The number of methoxy groups -OCH3 is 1. The lowest BCUT2D eigenvalue weighted by atomic mass is 10.1. The molecule has 0 aliphatic carbocycles. The zero-order valence-electron chi connectivity index (χ0n) is 7.90. The summed E-state index contributed by atoms with van der Waals surface area (Å²) in [7, 11) is 1.69. The van der Waals surface area contributed by atoms with Gasteiger partial charge in [-0.25, -0.2) is 0 Å². The summed E-state index contributed by atoms with van der Waals surface area (Å²) < 4.78 is 4.92. The van der Waals surface area contributed by atoms with E-state index >= 15 is 0 Å². The van der Waals surface area contributed by atoms with E-state index in [4.69, 9.17) is 4.74 Å². The Labute approximate surface area is 83.2 Å². The quantitative estimate of drug-likeness (QED) is 0.712. The average molecular weight is 200 g/mol. The fraction of sp³-hybridized carbons (Fsp3) is 0.600. The third kappa shape index (κ3) is 4.41. The first kappa shape index (κ1) is 10.7. The van der Waals surface area contributed by atoms with Crippen LogP contribution >= 0.6 is 11.3 Å². The third-order valence-electron chi connectivity index (χ3n) is 1.94. The van der Waals surface area contributed by atoms with Crippen LogP contribution in [-0.4, -0.2) is 24.9 Å². The molecule has 0 aliphatic rings. The lowest BCUT2D eigenvalue weighted by molar-refractivity contribution is 0.135. The van der Waals surface area contributed by atoms with E-state index < -0.39 is 0 Å². The van der Waals surface area contributed by atoms with Crippen LogP contribution in [-0.2, 0) is 11.2 Å². The van der Waals surface area contributed by atoms with Gasteiger partial charge in [0.15, 0.2) is 0 Å². The first-order valence-electron chi connectivity index (χ1n) is 4.51. The van der Waals surface area contributed by atoms with E-state index in [2.05, 4.69) is 11.4 Å². The molecule has 2 nitrogen and oxygen atoms in total. The molecule has 0 aliphatic heterocycles. The first-order valence-corrected chi connectivity index (χ1v) is 5.45. The zero-order valence-corrected chi connectivity index (χ0v) is 8.72. The summed E-state index contributed by atoms with van der Waals surface area (Å²) in [5, 5.41) is 13.7. The molecule has 0 saturated carbocycles. The normalized spacial score (nSPS) is 13.1. The number of hydrogen-bond donors (Lipinski definition) is 1. The molecule has 1 aromatic heterocycles. The molecule has 0 radical (unpaired) electrons. The SMILES string of the molecule is COCCCC(O)Cc1ccsc1. The Morgan fingerprint density at radius 3 is 3.08 bits per heavy atom. The van der Waals surface area contributed by atoms with Crippen LogP contribution in [0.5, 0.6) is 0 Å². The molecular weight excluding hydrogens is 184 g/mol. The highest BCUT2D eigenvalue weighted by atomic mass is 32.1. The second-order valence-electron chi connectivity index (χ2n) is 3.12. The molecule has 1 N–H and O–H groups in total. The number of ether oxygens (including phenoxy) is 1. The summed E-state index contributed by atoms with van der Waals surface area (Å²) in [4.78, 5) is 0. The molecule has 0 fully saturated rings. The van der Waals surface area contributed by atoms with E-state index in [0.29, 0.717) is 0 Å². The Bertz CT molecular complexity index is 209. The van der Waals surface area contributed by atoms with Crippen LogP contribution in [0.2, 0.25) is 0 Å². The topological polar surface area (TPSA) is 29.5 Å². The highest BCUT2D eigenvalue weighted by Crippen LogP contribution is 2.11. The van der Waals surface area contributed by atoms with Crippen LogP contribution in [0.15, 0.2) is 16.8 Å². The van der Waals surface area contributed by atoms with Crippen molar-refractivity contribution in [2.75, 3.05) is 13.7 Å². The van der Waals surface area contributed by atoms with Crippen molar-refractivity contribution in [3.05, 3.63) is 22.4 Å². The lowest BCUT2D eigenvalue weighted by Gasteiger charge is -2.08. The summed E-state index contributed by atoms with van der Waals surface area (Å²) in [6, 6.07) is 2.06. The Kier molecular flexibility index (Phi) is 5.05. The van der Waals surface area contributed by atoms with Gasteiger partial charge in [0.25, 0.3) is 0 Å². The van der Waals surface area contributed by atoms with E-state index in [0.717, 1.165) is 25.9 Å². The zero-order chi connectivity index (χ0) is 9.52. The Morgan fingerprint density at radius 1 is 1.62 bits per heavy atom. The maximum Gasteiger partial charge on any atom is 0.0581 e. The lowest BCUT2D eigenvalue weighted by Crippen LogP contribution is -2.10. The highest BCUT2D eigenvalue weighted by molar-refractivity contribution is 7.07. The van der Waals surface area contributed by atoms with Crippen molar-refractivity contribution in [3.63, 3.8) is 0 Å². The minimum absolute atomic E-state index is 0.218. The number of thiophene rings is 1. The molecule has 1 heterocycles. The van der Waals surface area contributed by atoms with Gasteiger partial charge in [0.05, 0.1) is 6.10 Å². The fourth-order valence-corrected chi connectivity index (χ4v) is 1.93. The second kappa shape index (κ2) is 6.13. The van der Waals surface area contributed by atoms with E-state index in [1.165, 1.54) is 5.56 Å². The van der Waals surface area contributed by atoms with Crippen LogP contribution in [0, 0.1) is 0 Å². The maximum atomic E-state index is 9.60. The van der Waals surface area contributed by atoms with E-state index in [9.17, 15) is 5.11 Å². The minimum Gasteiger partial charge on any atom is -0.393 e. The van der Waals surface area contributed by atoms with Crippen molar-refractivity contribution in [2.24, 2.45) is 0 Å². The molecule has 0 saturated heterocycles. The fourth-order valence-electron chi connectivity index (χ4n) is 1.25. The van der Waals surface area contributed by atoms with Gasteiger partial charge in [-0.15, -0.1) is 0 Å². The van der Waals surface area contributed by atoms with Crippen molar-refractivity contribution in [2.45, 2.75) is 25.4 Å². The predicted octanol–water partition coefficient (Wildman–Crippen LogP) is 2.08. The Hall–Kier alpha value is -0.380. The Balaban J connectivity index is 2.14. The van der Waals surface area contributed by atoms with Gasteiger partial charge in [0.1, 0.15) is 0 Å². The minimum atomic E-state index is -0.218. The highest BCUT2D eigenvalue weighted by Gasteiger charge is 2.04.